The van der Waals surface area contributed by atoms with Gasteiger partial charge in [0, 0.05) is 29.2 Å². The molecule has 2 heterocycles. The number of carbonyl (C=O) groups is 2. The van der Waals surface area contributed by atoms with Crippen molar-refractivity contribution in [2.75, 3.05) is 12.4 Å². The van der Waals surface area contributed by atoms with Crippen molar-refractivity contribution >= 4 is 29.4 Å². The molecule has 0 radical (unpaired) electrons. The van der Waals surface area contributed by atoms with E-state index in [1.165, 1.54) is 16.8 Å². The van der Waals surface area contributed by atoms with Gasteiger partial charge in [0.25, 0.3) is 5.91 Å². The summed E-state index contributed by atoms with van der Waals surface area (Å²) in [6, 6.07) is 12.7. The van der Waals surface area contributed by atoms with Crippen LogP contribution in [0, 0.1) is 5.82 Å². The van der Waals surface area contributed by atoms with E-state index in [9.17, 15) is 14.0 Å². The van der Waals surface area contributed by atoms with E-state index in [1.54, 1.807) is 55.3 Å². The van der Waals surface area contributed by atoms with Gasteiger partial charge in [0.2, 0.25) is 5.91 Å². The van der Waals surface area contributed by atoms with Gasteiger partial charge < -0.3 is 15.4 Å². The van der Waals surface area contributed by atoms with Crippen molar-refractivity contribution in [1.29, 1.82) is 0 Å². The number of anilines is 1. The number of ether oxygens (including phenoxy) is 1. The zero-order valence-corrected chi connectivity index (χ0v) is 17.7. The molecule has 4 rings (SSSR count). The predicted octanol–water partition coefficient (Wildman–Crippen LogP) is 3.35. The first-order chi connectivity index (χ1) is 15.0. The minimum atomic E-state index is -0.323. The third-order valence-corrected chi connectivity index (χ3v) is 5.87. The fraction of sp³-hybridized carbons (Fsp3) is 0.227. The molecule has 0 saturated heterocycles. The lowest BCUT2D eigenvalue weighted by Crippen LogP contribution is -2.28. The molecule has 0 aliphatic carbocycles. The fourth-order valence-electron chi connectivity index (χ4n) is 3.24. The lowest BCUT2D eigenvalue weighted by atomic mass is 10.2. The van der Waals surface area contributed by atoms with Crippen molar-refractivity contribution < 1.29 is 18.7 Å². The molecule has 7 nitrogen and oxygen atoms in total. The third-order valence-electron chi connectivity index (χ3n) is 4.90. The third kappa shape index (κ3) is 4.88. The van der Waals surface area contributed by atoms with Crippen LogP contribution >= 0.6 is 11.8 Å². The summed E-state index contributed by atoms with van der Waals surface area (Å²) in [4.78, 5) is 25.2. The van der Waals surface area contributed by atoms with Gasteiger partial charge in [-0.2, -0.15) is 16.9 Å². The molecule has 31 heavy (non-hydrogen) atoms. The number of rotatable bonds is 7. The maximum Gasteiger partial charge on any atom is 0.256 e. The molecule has 2 amide bonds. The minimum absolute atomic E-state index is 0.0307. The van der Waals surface area contributed by atoms with E-state index in [1.807, 2.05) is 0 Å². The van der Waals surface area contributed by atoms with E-state index in [0.717, 1.165) is 28.3 Å². The molecule has 3 aromatic rings. The number of hydrogen-bond donors (Lipinski definition) is 2. The summed E-state index contributed by atoms with van der Waals surface area (Å²) < 4.78 is 19.7. The van der Waals surface area contributed by atoms with E-state index in [0.29, 0.717) is 17.1 Å². The first-order valence-electron chi connectivity index (χ1n) is 9.66. The van der Waals surface area contributed by atoms with Gasteiger partial charge in [-0.05, 0) is 42.0 Å². The highest BCUT2D eigenvalue weighted by atomic mass is 32.2. The number of thioether (sulfide) groups is 1. The number of nitrogens with one attached hydrogen (secondary N) is 2. The normalized spacial score (nSPS) is 12.3. The summed E-state index contributed by atoms with van der Waals surface area (Å²) in [5.74, 6) is 1.81. The average Bonchev–Trinajstić information content (AvgIpc) is 3.36. The van der Waals surface area contributed by atoms with Crippen LogP contribution in [0.4, 0.5) is 10.2 Å². The van der Waals surface area contributed by atoms with Crippen LogP contribution in [-0.2, 0) is 29.4 Å². The van der Waals surface area contributed by atoms with Crippen molar-refractivity contribution in [3.05, 3.63) is 76.7 Å². The highest BCUT2D eigenvalue weighted by molar-refractivity contribution is 7.98. The molecule has 1 aliphatic rings. The monoisotopic (exact) mass is 440 g/mol. The van der Waals surface area contributed by atoms with Crippen molar-refractivity contribution in [3.8, 4) is 5.75 Å². The van der Waals surface area contributed by atoms with Gasteiger partial charge in [0.1, 0.15) is 23.9 Å². The molecule has 0 spiro atoms. The smallest absolute Gasteiger partial charge is 0.256 e. The Bertz CT molecular complexity index is 1100. The number of methoxy groups -OCH3 is 1. The van der Waals surface area contributed by atoms with Crippen LogP contribution in [0.5, 0.6) is 5.75 Å². The Morgan fingerprint density at radius 3 is 2.58 bits per heavy atom. The average molecular weight is 441 g/mol. The van der Waals surface area contributed by atoms with E-state index in [2.05, 4.69) is 15.7 Å². The van der Waals surface area contributed by atoms with E-state index >= 15 is 0 Å². The van der Waals surface area contributed by atoms with Crippen molar-refractivity contribution in [1.82, 2.24) is 15.1 Å². The second-order valence-electron chi connectivity index (χ2n) is 7.01. The van der Waals surface area contributed by atoms with Crippen molar-refractivity contribution in [2.45, 2.75) is 24.6 Å². The van der Waals surface area contributed by atoms with Crippen LogP contribution in [0.2, 0.25) is 0 Å². The Hall–Kier alpha value is -3.33. The Kier molecular flexibility index (Phi) is 6.22. The molecule has 2 N–H and O–H groups in total. The Morgan fingerprint density at radius 2 is 1.87 bits per heavy atom. The molecule has 0 bridgehead atoms. The molecule has 160 valence electrons. The highest BCUT2D eigenvalue weighted by Gasteiger charge is 2.25. The summed E-state index contributed by atoms with van der Waals surface area (Å²) in [5, 5.41) is 10.2. The molecule has 0 fully saturated rings. The van der Waals surface area contributed by atoms with Crippen molar-refractivity contribution in [3.63, 3.8) is 0 Å². The zero-order valence-electron chi connectivity index (χ0n) is 16.9. The lowest BCUT2D eigenvalue weighted by molar-refractivity contribution is -0.122. The molecule has 1 aromatic heterocycles. The predicted molar refractivity (Wildman–Crippen MR) is 116 cm³/mol. The number of hydrogen-bond acceptors (Lipinski definition) is 5. The van der Waals surface area contributed by atoms with Crippen LogP contribution < -0.4 is 15.4 Å². The van der Waals surface area contributed by atoms with Crippen LogP contribution in [0.3, 0.4) is 0 Å². The number of nitrogens with zero attached hydrogens (tertiary/aromatic N) is 2. The minimum Gasteiger partial charge on any atom is -0.497 e. The second-order valence-corrected chi connectivity index (χ2v) is 8.00. The molecular weight excluding hydrogens is 419 g/mol. The SMILES string of the molecule is COc1ccc(C(=O)Nc2c3c(nn2CC(=O)NCc2ccc(F)cc2)CSC3)cc1. The maximum absolute atomic E-state index is 13.0. The molecule has 1 aliphatic heterocycles. The number of aromatic nitrogens is 2. The summed E-state index contributed by atoms with van der Waals surface area (Å²) in [7, 11) is 1.57. The van der Waals surface area contributed by atoms with E-state index in [-0.39, 0.29) is 30.7 Å². The Labute approximate surface area is 183 Å². The molecule has 0 unspecified atom stereocenters. The Morgan fingerprint density at radius 1 is 1.13 bits per heavy atom. The number of halogens is 1. The Balaban J connectivity index is 1.46. The summed E-state index contributed by atoms with van der Waals surface area (Å²) in [6.45, 7) is 0.251. The highest BCUT2D eigenvalue weighted by Crippen LogP contribution is 2.35. The van der Waals surface area contributed by atoms with Crippen LogP contribution in [-0.4, -0.2) is 28.7 Å². The van der Waals surface area contributed by atoms with E-state index in [4.69, 9.17) is 4.74 Å². The molecule has 0 saturated carbocycles. The van der Waals surface area contributed by atoms with Crippen LogP contribution in [0.25, 0.3) is 0 Å². The second kappa shape index (κ2) is 9.22. The van der Waals surface area contributed by atoms with Gasteiger partial charge in [-0.15, -0.1) is 0 Å². The van der Waals surface area contributed by atoms with Crippen LogP contribution in [0.1, 0.15) is 27.2 Å². The standard InChI is InChI=1S/C22H21FN4O3S/c1-30-17-8-4-15(5-9-17)22(29)25-21-18-12-31-13-19(18)26-27(21)11-20(28)24-10-14-2-6-16(23)7-3-14/h2-9H,10-13H2,1H3,(H,24,28)(H,25,29). The molecule has 0 atom stereocenters. The van der Waals surface area contributed by atoms with Crippen molar-refractivity contribution in [2.24, 2.45) is 0 Å². The number of benzene rings is 2. The maximum atomic E-state index is 13.0. The topological polar surface area (TPSA) is 85.2 Å². The zero-order chi connectivity index (χ0) is 21.8. The van der Waals surface area contributed by atoms with E-state index < -0.39 is 0 Å². The number of fused-ring (bicyclic) bond motifs is 1. The first-order valence-corrected chi connectivity index (χ1v) is 10.8. The van der Waals surface area contributed by atoms with Crippen LogP contribution in [0.15, 0.2) is 48.5 Å². The summed E-state index contributed by atoms with van der Waals surface area (Å²) >= 11 is 1.71. The largest absolute Gasteiger partial charge is 0.497 e. The lowest BCUT2D eigenvalue weighted by Gasteiger charge is -2.12. The van der Waals surface area contributed by atoms with Gasteiger partial charge in [0.05, 0.1) is 12.8 Å². The summed E-state index contributed by atoms with van der Waals surface area (Å²) in [5.41, 5.74) is 3.09. The molecule has 2 aromatic carbocycles. The van der Waals surface area contributed by atoms with Gasteiger partial charge in [-0.3, -0.25) is 9.59 Å². The van der Waals surface area contributed by atoms with Gasteiger partial charge in [-0.25, -0.2) is 9.07 Å². The quantitative estimate of drug-likeness (QED) is 0.589. The van der Waals surface area contributed by atoms with Gasteiger partial charge in [0.15, 0.2) is 0 Å². The molecule has 9 heteroatoms. The fourth-order valence-corrected chi connectivity index (χ4v) is 4.27. The molecular formula is C22H21FN4O3S. The number of carbonyl (C=O) groups excluding carboxylic acids is 2. The van der Waals surface area contributed by atoms with Gasteiger partial charge >= 0.3 is 0 Å². The summed E-state index contributed by atoms with van der Waals surface area (Å²) in [6.07, 6.45) is 0. The van der Waals surface area contributed by atoms with Gasteiger partial charge in [-0.1, -0.05) is 12.1 Å². The number of amides is 2. The first kappa shape index (κ1) is 20.9.